The molecule has 1 heteroatoms. The fraction of sp³-hybridized carbons (Fsp3) is 0.600. The van der Waals surface area contributed by atoms with Crippen LogP contribution in [0.15, 0.2) is 24.6 Å². The summed E-state index contributed by atoms with van der Waals surface area (Å²) in [6.45, 7) is 10.2. The summed E-state index contributed by atoms with van der Waals surface area (Å²) in [4.78, 5) is 0. The van der Waals surface area contributed by atoms with Crippen LogP contribution < -0.4 is 5.32 Å². The van der Waals surface area contributed by atoms with Gasteiger partial charge in [-0.05, 0) is 18.5 Å². The Morgan fingerprint density at radius 2 is 2.18 bits per heavy atom. The van der Waals surface area contributed by atoms with Crippen LogP contribution in [0.5, 0.6) is 0 Å². The fourth-order valence-electron chi connectivity index (χ4n) is 0.860. The molecule has 1 atom stereocenters. The smallest absolute Gasteiger partial charge is 0.0105 e. The average Bonchev–Trinajstić information content (AvgIpc) is 2.03. The second kappa shape index (κ2) is 6.02. The van der Waals surface area contributed by atoms with Crippen molar-refractivity contribution in [3.05, 3.63) is 24.6 Å². The topological polar surface area (TPSA) is 12.0 Å². The Kier molecular flexibility index (Phi) is 5.63. The van der Waals surface area contributed by atoms with Gasteiger partial charge in [-0.15, -0.1) is 0 Å². The minimum Gasteiger partial charge on any atom is -0.366 e. The lowest BCUT2D eigenvalue weighted by molar-refractivity contribution is 0.682. The molecule has 0 amide bonds. The van der Waals surface area contributed by atoms with Crippen molar-refractivity contribution in [1.29, 1.82) is 0 Å². The van der Waals surface area contributed by atoms with Gasteiger partial charge in [0.25, 0.3) is 0 Å². The van der Waals surface area contributed by atoms with Crippen LogP contribution in [-0.2, 0) is 0 Å². The van der Waals surface area contributed by atoms with Crippen LogP contribution >= 0.6 is 0 Å². The van der Waals surface area contributed by atoms with Crippen LogP contribution in [0, 0.1) is 5.92 Å². The quantitative estimate of drug-likeness (QED) is 0.640. The van der Waals surface area contributed by atoms with Crippen molar-refractivity contribution in [3.63, 3.8) is 0 Å². The van der Waals surface area contributed by atoms with Crippen LogP contribution in [0.2, 0.25) is 0 Å². The van der Waals surface area contributed by atoms with Crippen LogP contribution in [0.3, 0.4) is 0 Å². The van der Waals surface area contributed by atoms with Crippen molar-refractivity contribution in [2.75, 3.05) is 0 Å². The molecule has 1 nitrogen and oxygen atoms in total. The number of allylic oxidation sites excluding steroid dienone is 2. The van der Waals surface area contributed by atoms with Gasteiger partial charge in [-0.1, -0.05) is 39.8 Å². The van der Waals surface area contributed by atoms with Crippen LogP contribution in [0.25, 0.3) is 0 Å². The van der Waals surface area contributed by atoms with Gasteiger partial charge in [-0.3, -0.25) is 0 Å². The van der Waals surface area contributed by atoms with Crippen molar-refractivity contribution < 1.29 is 0 Å². The first-order chi connectivity index (χ1) is 5.24. The lowest BCUT2D eigenvalue weighted by Crippen LogP contribution is -2.04. The summed E-state index contributed by atoms with van der Waals surface area (Å²) in [5.74, 6) is 0.664. The summed E-state index contributed by atoms with van der Waals surface area (Å²) in [6.07, 6.45) is 6.25. The highest BCUT2D eigenvalue weighted by molar-refractivity contribution is 5.03. The first kappa shape index (κ1) is 10.3. The third kappa shape index (κ3) is 4.65. The van der Waals surface area contributed by atoms with E-state index in [1.165, 1.54) is 12.1 Å². The highest BCUT2D eigenvalue weighted by Gasteiger charge is 1.95. The molecule has 0 heterocycles. The van der Waals surface area contributed by atoms with E-state index in [1.807, 2.05) is 0 Å². The molecule has 0 aromatic heterocycles. The molecular weight excluding hydrogens is 134 g/mol. The average molecular weight is 153 g/mol. The van der Waals surface area contributed by atoms with E-state index in [4.69, 9.17) is 0 Å². The third-order valence-corrected chi connectivity index (χ3v) is 1.80. The van der Waals surface area contributed by atoms with Crippen molar-refractivity contribution >= 4 is 0 Å². The number of hydrogen-bond donors (Lipinski definition) is 1. The lowest BCUT2D eigenvalue weighted by atomic mass is 10.1. The zero-order valence-corrected chi connectivity index (χ0v) is 7.85. The Labute approximate surface area is 70.2 Å². The molecule has 0 aliphatic carbocycles. The molecule has 11 heavy (non-hydrogen) atoms. The lowest BCUT2D eigenvalue weighted by Gasteiger charge is -2.07. The second-order valence-corrected chi connectivity index (χ2v) is 2.78. The predicted octanol–water partition coefficient (Wildman–Crippen LogP) is 3.06. The van der Waals surface area contributed by atoms with E-state index < -0.39 is 0 Å². The Bertz CT molecular complexity index is 136. The molecule has 0 bridgehead atoms. The monoisotopic (exact) mass is 153 g/mol. The van der Waals surface area contributed by atoms with Crippen molar-refractivity contribution in [1.82, 2.24) is 5.32 Å². The highest BCUT2D eigenvalue weighted by Crippen LogP contribution is 2.07. The summed E-state index contributed by atoms with van der Waals surface area (Å²) in [7, 11) is 0. The summed E-state index contributed by atoms with van der Waals surface area (Å²) >= 11 is 0. The summed E-state index contributed by atoms with van der Waals surface area (Å²) in [6, 6.07) is 0. The summed E-state index contributed by atoms with van der Waals surface area (Å²) < 4.78 is 0. The molecule has 0 aliphatic rings. The largest absolute Gasteiger partial charge is 0.366 e. The Morgan fingerprint density at radius 1 is 1.55 bits per heavy atom. The highest BCUT2D eigenvalue weighted by atomic mass is 14.8. The normalized spacial score (nSPS) is 14.3. The maximum atomic E-state index is 3.63. The maximum absolute atomic E-state index is 3.63. The first-order valence-electron chi connectivity index (χ1n) is 4.32. The first-order valence-corrected chi connectivity index (χ1v) is 4.32. The molecule has 0 aliphatic heterocycles. The SMILES string of the molecule is C=CN/C(=C/C(C)CC)CC. The predicted molar refractivity (Wildman–Crippen MR) is 51.2 cm³/mol. The minimum absolute atomic E-state index is 0.664. The van der Waals surface area contributed by atoms with Crippen LogP contribution in [0.4, 0.5) is 0 Å². The third-order valence-electron chi connectivity index (χ3n) is 1.80. The van der Waals surface area contributed by atoms with Gasteiger partial charge in [-0.25, -0.2) is 0 Å². The zero-order chi connectivity index (χ0) is 8.69. The molecule has 1 unspecified atom stereocenters. The van der Waals surface area contributed by atoms with Crippen LogP contribution in [-0.4, -0.2) is 0 Å². The molecule has 0 radical (unpaired) electrons. The minimum atomic E-state index is 0.664. The van der Waals surface area contributed by atoms with Gasteiger partial charge in [0.15, 0.2) is 0 Å². The van der Waals surface area contributed by atoms with Gasteiger partial charge in [0.1, 0.15) is 0 Å². The zero-order valence-electron chi connectivity index (χ0n) is 7.85. The van der Waals surface area contributed by atoms with E-state index in [1.54, 1.807) is 6.20 Å². The fourth-order valence-corrected chi connectivity index (χ4v) is 0.860. The van der Waals surface area contributed by atoms with Crippen molar-refractivity contribution in [2.24, 2.45) is 5.92 Å². The van der Waals surface area contributed by atoms with Gasteiger partial charge in [0.05, 0.1) is 0 Å². The van der Waals surface area contributed by atoms with E-state index in [0.717, 1.165) is 6.42 Å². The van der Waals surface area contributed by atoms with Gasteiger partial charge in [-0.2, -0.15) is 0 Å². The number of rotatable bonds is 5. The summed E-state index contributed by atoms with van der Waals surface area (Å²) in [5.41, 5.74) is 1.27. The Morgan fingerprint density at radius 3 is 2.55 bits per heavy atom. The summed E-state index contributed by atoms with van der Waals surface area (Å²) in [5, 5.41) is 3.12. The van der Waals surface area contributed by atoms with E-state index >= 15 is 0 Å². The molecule has 0 aromatic rings. The van der Waals surface area contributed by atoms with Gasteiger partial charge >= 0.3 is 0 Å². The molecular formula is C10H19N. The van der Waals surface area contributed by atoms with Gasteiger partial charge in [0.2, 0.25) is 0 Å². The van der Waals surface area contributed by atoms with E-state index in [-0.39, 0.29) is 0 Å². The molecule has 0 rings (SSSR count). The molecule has 0 fully saturated rings. The van der Waals surface area contributed by atoms with Crippen molar-refractivity contribution in [2.45, 2.75) is 33.6 Å². The second-order valence-electron chi connectivity index (χ2n) is 2.78. The Balaban J connectivity index is 3.98. The molecule has 0 aromatic carbocycles. The van der Waals surface area contributed by atoms with Crippen LogP contribution in [0.1, 0.15) is 33.6 Å². The molecule has 0 saturated carbocycles. The van der Waals surface area contributed by atoms with E-state index in [2.05, 4.69) is 38.7 Å². The van der Waals surface area contributed by atoms with Gasteiger partial charge in [0, 0.05) is 5.70 Å². The van der Waals surface area contributed by atoms with E-state index in [0.29, 0.717) is 5.92 Å². The van der Waals surface area contributed by atoms with Crippen molar-refractivity contribution in [3.8, 4) is 0 Å². The Hall–Kier alpha value is -0.720. The molecule has 1 N–H and O–H groups in total. The van der Waals surface area contributed by atoms with Gasteiger partial charge < -0.3 is 5.32 Å². The van der Waals surface area contributed by atoms with E-state index in [9.17, 15) is 0 Å². The maximum Gasteiger partial charge on any atom is 0.0105 e. The standard InChI is InChI=1S/C10H19N/c1-5-9(4)8-10(6-2)11-7-3/h7-9,11H,3,5-6H2,1-2,4H3/b10-8+. The molecule has 64 valence electrons. The number of nitrogens with one attached hydrogen (secondary N) is 1. The molecule has 0 saturated heterocycles. The number of hydrogen-bond acceptors (Lipinski definition) is 1. The molecule has 0 spiro atoms.